The molecule has 20 heavy (non-hydrogen) atoms. The number of alkyl halides is 3. The van der Waals surface area contributed by atoms with Crippen LogP contribution < -0.4 is 4.74 Å². The largest absolute Gasteiger partial charge is 0.491 e. The molecule has 0 aliphatic rings. The van der Waals surface area contributed by atoms with E-state index in [1.165, 1.54) is 6.07 Å². The zero-order valence-electron chi connectivity index (χ0n) is 11.2. The number of aliphatic hydroxyl groups is 1. The summed E-state index contributed by atoms with van der Waals surface area (Å²) >= 11 is 0. The highest BCUT2D eigenvalue weighted by atomic mass is 19.4. The second-order valence-corrected chi connectivity index (χ2v) is 4.64. The highest BCUT2D eigenvalue weighted by Gasteiger charge is 2.33. The van der Waals surface area contributed by atoms with Crippen molar-refractivity contribution in [1.29, 1.82) is 0 Å². The van der Waals surface area contributed by atoms with E-state index in [1.807, 2.05) is 0 Å². The molecule has 0 saturated carbocycles. The fraction of sp³-hybridized carbons (Fsp3) is 0.500. The van der Waals surface area contributed by atoms with E-state index >= 15 is 0 Å². The number of benzene rings is 1. The molecule has 0 aromatic heterocycles. The summed E-state index contributed by atoms with van der Waals surface area (Å²) in [6.07, 6.45) is -4.33. The first-order valence-electron chi connectivity index (χ1n) is 6.17. The predicted molar refractivity (Wildman–Crippen MR) is 68.7 cm³/mol. The number of aliphatic hydroxyl groups excluding tert-OH is 1. The molecule has 0 amide bonds. The van der Waals surface area contributed by atoms with E-state index in [4.69, 9.17) is 16.4 Å². The van der Waals surface area contributed by atoms with Gasteiger partial charge in [-0.15, -0.1) is 0 Å². The molecule has 110 valence electrons. The standard InChI is InChI=1S/C14H16F3NO2/c1-9(19)4-5-10(2)20-11-6-7-13(18-3)12(8-11)14(15,16)17/h6-10,19H,4-5H2,1-2H3/t9-,10-/m0/s1. The minimum Gasteiger partial charge on any atom is -0.491 e. The Balaban J connectivity index is 2.85. The first-order valence-corrected chi connectivity index (χ1v) is 6.17. The Morgan fingerprint density at radius 3 is 2.45 bits per heavy atom. The third-order valence-corrected chi connectivity index (χ3v) is 2.72. The van der Waals surface area contributed by atoms with Crippen molar-refractivity contribution in [3.05, 3.63) is 35.2 Å². The lowest BCUT2D eigenvalue weighted by atomic mass is 10.1. The summed E-state index contributed by atoms with van der Waals surface area (Å²) in [4.78, 5) is 2.86. The molecule has 0 spiro atoms. The SMILES string of the molecule is [C-]#[N+]c1ccc(O[C@@H](C)CC[C@H](C)O)cc1C(F)(F)F. The van der Waals surface area contributed by atoms with Gasteiger partial charge in [0.25, 0.3) is 0 Å². The van der Waals surface area contributed by atoms with E-state index in [-0.39, 0.29) is 11.9 Å². The van der Waals surface area contributed by atoms with Crippen molar-refractivity contribution in [1.82, 2.24) is 0 Å². The summed E-state index contributed by atoms with van der Waals surface area (Å²) < 4.78 is 43.7. The van der Waals surface area contributed by atoms with Gasteiger partial charge in [0.1, 0.15) is 5.75 Å². The molecular weight excluding hydrogens is 271 g/mol. The second kappa shape index (κ2) is 6.62. The minimum absolute atomic E-state index is 0.0721. The van der Waals surface area contributed by atoms with Gasteiger partial charge in [0.15, 0.2) is 5.69 Å². The van der Waals surface area contributed by atoms with Crippen LogP contribution in [0.3, 0.4) is 0 Å². The molecule has 1 aromatic rings. The Hall–Kier alpha value is -1.74. The Kier molecular flexibility index (Phi) is 5.40. The first kappa shape index (κ1) is 16.3. The van der Waals surface area contributed by atoms with Gasteiger partial charge in [-0.1, -0.05) is 6.07 Å². The van der Waals surface area contributed by atoms with Gasteiger partial charge in [0.05, 0.1) is 24.3 Å². The Morgan fingerprint density at radius 1 is 1.30 bits per heavy atom. The molecule has 0 bridgehead atoms. The first-order chi connectivity index (χ1) is 9.24. The van der Waals surface area contributed by atoms with Crippen molar-refractivity contribution in [2.45, 2.75) is 45.1 Å². The van der Waals surface area contributed by atoms with Gasteiger partial charge in [0.2, 0.25) is 0 Å². The van der Waals surface area contributed by atoms with Gasteiger partial charge in [0, 0.05) is 0 Å². The van der Waals surface area contributed by atoms with Gasteiger partial charge in [-0.05, 0) is 38.8 Å². The fourth-order valence-electron chi connectivity index (χ4n) is 1.68. The molecule has 0 saturated heterocycles. The topological polar surface area (TPSA) is 33.8 Å². The maximum absolute atomic E-state index is 12.8. The van der Waals surface area contributed by atoms with Crippen LogP contribution in [0.1, 0.15) is 32.3 Å². The van der Waals surface area contributed by atoms with Gasteiger partial charge >= 0.3 is 6.18 Å². The van der Waals surface area contributed by atoms with Crippen LogP contribution in [0.15, 0.2) is 18.2 Å². The molecule has 2 atom stereocenters. The molecule has 0 heterocycles. The van der Waals surface area contributed by atoms with Gasteiger partial charge in [-0.25, -0.2) is 4.85 Å². The summed E-state index contributed by atoms with van der Waals surface area (Å²) in [5.74, 6) is 0.0721. The van der Waals surface area contributed by atoms with Crippen LogP contribution in [0.5, 0.6) is 5.75 Å². The fourth-order valence-corrected chi connectivity index (χ4v) is 1.68. The molecule has 0 fully saturated rings. The summed E-state index contributed by atoms with van der Waals surface area (Å²) in [5, 5.41) is 9.15. The lowest BCUT2D eigenvalue weighted by Gasteiger charge is -2.17. The monoisotopic (exact) mass is 287 g/mol. The number of ether oxygens (including phenoxy) is 1. The lowest BCUT2D eigenvalue weighted by molar-refractivity contribution is -0.137. The Morgan fingerprint density at radius 2 is 1.95 bits per heavy atom. The molecule has 0 aliphatic carbocycles. The van der Waals surface area contributed by atoms with Crippen molar-refractivity contribution in [2.24, 2.45) is 0 Å². The molecule has 0 radical (unpaired) electrons. The van der Waals surface area contributed by atoms with Crippen molar-refractivity contribution in [3.8, 4) is 5.75 Å². The maximum Gasteiger partial charge on any atom is 0.407 e. The summed E-state index contributed by atoms with van der Waals surface area (Å²) in [5.41, 5.74) is -1.44. The number of hydrogen-bond acceptors (Lipinski definition) is 2. The van der Waals surface area contributed by atoms with Crippen LogP contribution in [-0.2, 0) is 6.18 Å². The number of halogens is 3. The van der Waals surface area contributed by atoms with Gasteiger partial charge in [-0.2, -0.15) is 13.2 Å². The van der Waals surface area contributed by atoms with E-state index in [1.54, 1.807) is 13.8 Å². The zero-order chi connectivity index (χ0) is 15.3. The zero-order valence-corrected chi connectivity index (χ0v) is 11.2. The molecule has 1 aromatic carbocycles. The average Bonchev–Trinajstić information content (AvgIpc) is 2.35. The number of nitrogens with zero attached hydrogens (tertiary/aromatic N) is 1. The summed E-state index contributed by atoms with van der Waals surface area (Å²) in [6.45, 7) is 10.1. The van der Waals surface area contributed by atoms with E-state index in [9.17, 15) is 13.2 Å². The highest BCUT2D eigenvalue weighted by Crippen LogP contribution is 2.38. The van der Waals surface area contributed by atoms with Crippen molar-refractivity contribution >= 4 is 5.69 Å². The predicted octanol–water partition coefficient (Wildman–Crippen LogP) is 4.18. The van der Waals surface area contributed by atoms with Crippen LogP contribution in [-0.4, -0.2) is 17.3 Å². The Bertz CT molecular complexity index is 492. The van der Waals surface area contributed by atoms with Crippen LogP contribution in [0, 0.1) is 6.57 Å². The molecule has 1 N–H and O–H groups in total. The third-order valence-electron chi connectivity index (χ3n) is 2.72. The van der Waals surface area contributed by atoms with E-state index in [2.05, 4.69) is 4.85 Å². The number of hydrogen-bond donors (Lipinski definition) is 1. The van der Waals surface area contributed by atoms with Crippen LogP contribution >= 0.6 is 0 Å². The van der Waals surface area contributed by atoms with Crippen LogP contribution in [0.2, 0.25) is 0 Å². The average molecular weight is 287 g/mol. The molecule has 1 rings (SSSR count). The Labute approximate surface area is 115 Å². The molecule has 6 heteroatoms. The van der Waals surface area contributed by atoms with E-state index in [0.717, 1.165) is 12.1 Å². The molecule has 0 unspecified atom stereocenters. The van der Waals surface area contributed by atoms with E-state index in [0.29, 0.717) is 12.8 Å². The van der Waals surface area contributed by atoms with Crippen LogP contribution in [0.4, 0.5) is 18.9 Å². The van der Waals surface area contributed by atoms with Crippen LogP contribution in [0.25, 0.3) is 4.85 Å². The van der Waals surface area contributed by atoms with Gasteiger partial charge < -0.3 is 9.84 Å². The minimum atomic E-state index is -4.58. The number of rotatable bonds is 5. The highest BCUT2D eigenvalue weighted by molar-refractivity contribution is 5.56. The summed E-state index contributed by atoms with van der Waals surface area (Å²) in [6, 6.07) is 3.29. The smallest absolute Gasteiger partial charge is 0.407 e. The van der Waals surface area contributed by atoms with Crippen molar-refractivity contribution in [3.63, 3.8) is 0 Å². The van der Waals surface area contributed by atoms with Crippen molar-refractivity contribution in [2.75, 3.05) is 0 Å². The normalized spacial score (nSPS) is 14.4. The van der Waals surface area contributed by atoms with E-state index < -0.39 is 23.5 Å². The molecular formula is C14H16F3NO2. The summed E-state index contributed by atoms with van der Waals surface area (Å²) in [7, 11) is 0. The maximum atomic E-state index is 12.8. The van der Waals surface area contributed by atoms with Gasteiger partial charge in [-0.3, -0.25) is 0 Å². The molecule has 0 aliphatic heterocycles. The third kappa shape index (κ3) is 4.74. The molecule has 3 nitrogen and oxygen atoms in total. The van der Waals surface area contributed by atoms with Crippen molar-refractivity contribution < 1.29 is 23.0 Å². The quantitative estimate of drug-likeness (QED) is 0.824. The lowest BCUT2D eigenvalue weighted by Crippen LogP contribution is -2.15. The second-order valence-electron chi connectivity index (χ2n) is 4.64.